The molecule has 59 heavy (non-hydrogen) atoms. The molecule has 5 heterocycles. The van der Waals surface area contributed by atoms with E-state index in [1.54, 1.807) is 0 Å². The summed E-state index contributed by atoms with van der Waals surface area (Å²) < 4.78 is 14.6. The predicted octanol–water partition coefficient (Wildman–Crippen LogP) is 13.8. The standard InChI is InChI=1S/C55H33N3O/c1-2-15-34(16-3-1)56-45-24-9-4-17-36(45)38-30-29-35(33-50(38)56)57-47-26-11-6-19-40(47)52-49(57)32-31-44-54(52)59-51-28-13-8-22-42(51)55(44)41-21-7-12-27-48(41)58-46-25-10-5-18-37(46)39-20-14-23-43(55)53(39)58/h1-33H. The van der Waals surface area contributed by atoms with Gasteiger partial charge in [0, 0.05) is 49.4 Å². The summed E-state index contributed by atoms with van der Waals surface area (Å²) in [6, 6.07) is 73.3. The number of para-hydroxylation sites is 7. The monoisotopic (exact) mass is 751 g/mol. The summed E-state index contributed by atoms with van der Waals surface area (Å²) in [5.74, 6) is 1.79. The topological polar surface area (TPSA) is 24.0 Å². The average Bonchev–Trinajstić information content (AvgIpc) is 3.94. The van der Waals surface area contributed by atoms with E-state index in [0.717, 1.165) is 55.8 Å². The van der Waals surface area contributed by atoms with Gasteiger partial charge in [-0.05, 0) is 71.8 Å². The lowest BCUT2D eigenvalue weighted by molar-refractivity contribution is 0.439. The zero-order valence-electron chi connectivity index (χ0n) is 31.8. The van der Waals surface area contributed by atoms with Gasteiger partial charge in [-0.3, -0.25) is 0 Å². The second kappa shape index (κ2) is 11.2. The van der Waals surface area contributed by atoms with Crippen LogP contribution in [-0.2, 0) is 5.41 Å². The van der Waals surface area contributed by atoms with Crippen LogP contribution in [0, 0.1) is 0 Å². The number of hydrogen-bond acceptors (Lipinski definition) is 1. The number of hydrogen-bond donors (Lipinski definition) is 0. The number of nitrogens with zero attached hydrogens (tertiary/aromatic N) is 3. The van der Waals surface area contributed by atoms with E-state index < -0.39 is 5.41 Å². The molecule has 1 spiro atoms. The van der Waals surface area contributed by atoms with Gasteiger partial charge in [-0.15, -0.1) is 0 Å². The number of fused-ring (bicyclic) bond motifs is 18. The van der Waals surface area contributed by atoms with Crippen molar-refractivity contribution in [3.05, 3.63) is 222 Å². The highest BCUT2D eigenvalue weighted by molar-refractivity contribution is 6.16. The van der Waals surface area contributed by atoms with Crippen LogP contribution in [0.1, 0.15) is 22.3 Å². The largest absolute Gasteiger partial charge is 0.456 e. The lowest BCUT2D eigenvalue weighted by Gasteiger charge is -2.45. The van der Waals surface area contributed by atoms with Crippen LogP contribution in [0.5, 0.6) is 11.5 Å². The molecule has 0 saturated heterocycles. The summed E-state index contributed by atoms with van der Waals surface area (Å²) in [4.78, 5) is 0. The minimum Gasteiger partial charge on any atom is -0.456 e. The molecule has 0 N–H and O–H groups in total. The zero-order chi connectivity index (χ0) is 38.4. The van der Waals surface area contributed by atoms with Gasteiger partial charge < -0.3 is 18.4 Å². The summed E-state index contributed by atoms with van der Waals surface area (Å²) in [6.07, 6.45) is 0. The van der Waals surface area contributed by atoms with Crippen molar-refractivity contribution >= 4 is 65.4 Å². The van der Waals surface area contributed by atoms with Crippen LogP contribution in [0.2, 0.25) is 0 Å². The van der Waals surface area contributed by atoms with Crippen LogP contribution in [0.3, 0.4) is 0 Å². The summed E-state index contributed by atoms with van der Waals surface area (Å²) >= 11 is 0. The highest BCUT2D eigenvalue weighted by Crippen LogP contribution is 2.62. The maximum absolute atomic E-state index is 7.30. The molecule has 4 nitrogen and oxygen atoms in total. The van der Waals surface area contributed by atoms with Crippen LogP contribution in [-0.4, -0.2) is 13.7 Å². The molecule has 3 aromatic heterocycles. The Kier molecular flexibility index (Phi) is 5.93. The Bertz CT molecular complexity index is 3770. The van der Waals surface area contributed by atoms with Crippen molar-refractivity contribution in [1.29, 1.82) is 0 Å². The van der Waals surface area contributed by atoms with E-state index in [1.165, 1.54) is 60.4 Å². The first-order valence-electron chi connectivity index (χ1n) is 20.4. The molecule has 0 saturated carbocycles. The maximum atomic E-state index is 7.30. The van der Waals surface area contributed by atoms with E-state index in [1.807, 2.05) is 0 Å². The molecule has 2 aliphatic rings. The molecule has 0 amide bonds. The van der Waals surface area contributed by atoms with Crippen LogP contribution in [0.15, 0.2) is 200 Å². The van der Waals surface area contributed by atoms with E-state index in [2.05, 4.69) is 214 Å². The Morgan fingerprint density at radius 2 is 0.932 bits per heavy atom. The number of ether oxygens (including phenoxy) is 1. The molecule has 4 heteroatoms. The molecule has 0 fully saturated rings. The fourth-order valence-corrected chi connectivity index (χ4v) is 11.1. The van der Waals surface area contributed by atoms with E-state index in [4.69, 9.17) is 4.74 Å². The molecule has 0 aliphatic carbocycles. The Morgan fingerprint density at radius 1 is 0.339 bits per heavy atom. The van der Waals surface area contributed by atoms with E-state index in [9.17, 15) is 0 Å². The molecular formula is C55H33N3O. The van der Waals surface area contributed by atoms with Crippen molar-refractivity contribution < 1.29 is 4.74 Å². The van der Waals surface area contributed by atoms with Crippen LogP contribution in [0.4, 0.5) is 0 Å². The molecule has 274 valence electrons. The van der Waals surface area contributed by atoms with Crippen LogP contribution < -0.4 is 4.74 Å². The Balaban J connectivity index is 1.11. The fourth-order valence-electron chi connectivity index (χ4n) is 11.1. The van der Waals surface area contributed by atoms with Gasteiger partial charge in [0.1, 0.15) is 11.5 Å². The van der Waals surface area contributed by atoms with Gasteiger partial charge in [0.05, 0.1) is 49.6 Å². The summed E-state index contributed by atoms with van der Waals surface area (Å²) in [5, 5.41) is 7.28. The van der Waals surface area contributed by atoms with Crippen molar-refractivity contribution in [2.45, 2.75) is 5.41 Å². The molecule has 9 aromatic carbocycles. The van der Waals surface area contributed by atoms with Gasteiger partial charge in [0.2, 0.25) is 0 Å². The number of rotatable bonds is 2. The third kappa shape index (κ3) is 3.80. The van der Waals surface area contributed by atoms with Gasteiger partial charge in [0.15, 0.2) is 0 Å². The molecule has 0 radical (unpaired) electrons. The molecule has 14 rings (SSSR count). The molecule has 12 aromatic rings. The molecule has 1 unspecified atom stereocenters. The van der Waals surface area contributed by atoms with Gasteiger partial charge in [-0.1, -0.05) is 140 Å². The van der Waals surface area contributed by atoms with Gasteiger partial charge in [0.25, 0.3) is 0 Å². The molecular weight excluding hydrogens is 719 g/mol. The van der Waals surface area contributed by atoms with E-state index in [-0.39, 0.29) is 0 Å². The molecule has 1 atom stereocenters. The van der Waals surface area contributed by atoms with Crippen LogP contribution >= 0.6 is 0 Å². The number of aromatic nitrogens is 3. The number of benzene rings is 9. The third-order valence-corrected chi connectivity index (χ3v) is 13.3. The minimum atomic E-state index is -0.641. The summed E-state index contributed by atoms with van der Waals surface area (Å²) in [5.41, 5.74) is 14.7. The van der Waals surface area contributed by atoms with Gasteiger partial charge in [-0.2, -0.15) is 0 Å². The Hall–Kier alpha value is -7.82. The lowest BCUT2D eigenvalue weighted by Crippen LogP contribution is -2.37. The Labute approximate surface area is 339 Å². The highest BCUT2D eigenvalue weighted by atomic mass is 16.5. The van der Waals surface area contributed by atoms with Crippen molar-refractivity contribution in [3.8, 4) is 28.6 Å². The molecule has 2 aliphatic heterocycles. The predicted molar refractivity (Wildman–Crippen MR) is 241 cm³/mol. The van der Waals surface area contributed by atoms with Gasteiger partial charge in [-0.25, -0.2) is 0 Å². The van der Waals surface area contributed by atoms with Crippen molar-refractivity contribution in [2.24, 2.45) is 0 Å². The first kappa shape index (κ1) is 31.3. The van der Waals surface area contributed by atoms with E-state index in [0.29, 0.717) is 0 Å². The Morgan fingerprint density at radius 3 is 1.76 bits per heavy atom. The maximum Gasteiger partial charge on any atom is 0.142 e. The summed E-state index contributed by atoms with van der Waals surface area (Å²) in [6.45, 7) is 0. The minimum absolute atomic E-state index is 0.641. The smallest absolute Gasteiger partial charge is 0.142 e. The van der Waals surface area contributed by atoms with Gasteiger partial charge >= 0.3 is 0 Å². The summed E-state index contributed by atoms with van der Waals surface area (Å²) in [7, 11) is 0. The van der Waals surface area contributed by atoms with Crippen molar-refractivity contribution in [3.63, 3.8) is 0 Å². The first-order valence-corrected chi connectivity index (χ1v) is 20.4. The molecule has 0 bridgehead atoms. The second-order valence-electron chi connectivity index (χ2n) is 16.0. The van der Waals surface area contributed by atoms with Crippen LogP contribution in [0.25, 0.3) is 82.5 Å². The lowest BCUT2D eigenvalue weighted by atomic mass is 9.61. The quantitative estimate of drug-likeness (QED) is 0.173. The fraction of sp³-hybridized carbons (Fsp3) is 0.0182. The van der Waals surface area contributed by atoms with E-state index >= 15 is 0 Å². The zero-order valence-corrected chi connectivity index (χ0v) is 31.8. The van der Waals surface area contributed by atoms with Crippen molar-refractivity contribution in [1.82, 2.24) is 13.7 Å². The normalized spacial score (nSPS) is 15.3. The van der Waals surface area contributed by atoms with Crippen molar-refractivity contribution in [2.75, 3.05) is 0 Å². The SMILES string of the molecule is c1ccc(-n2c3ccccc3c3ccc(-n4c5ccccc5c5c6c(ccc54)C4(c5ccccc5O6)c5ccccc5-n5c6ccccc6c6cccc4c65)cc32)cc1. The highest BCUT2D eigenvalue weighted by Gasteiger charge is 2.50. The average molecular weight is 752 g/mol. The second-order valence-corrected chi connectivity index (χ2v) is 16.0. The third-order valence-electron chi connectivity index (χ3n) is 13.3. The first-order chi connectivity index (χ1) is 29.3.